The van der Waals surface area contributed by atoms with E-state index in [1.54, 1.807) is 30.3 Å². The van der Waals surface area contributed by atoms with Gasteiger partial charge in [-0.05, 0) is 49.6 Å². The fraction of sp³-hybridized carbons (Fsp3) is 0.286. The molecule has 0 radical (unpaired) electrons. The third kappa shape index (κ3) is 4.14. The van der Waals surface area contributed by atoms with Crippen LogP contribution in [0.3, 0.4) is 0 Å². The zero-order valence-electron chi connectivity index (χ0n) is 15.3. The molecule has 28 heavy (non-hydrogen) atoms. The Hall–Kier alpha value is -3.35. The maximum absolute atomic E-state index is 12.2. The minimum absolute atomic E-state index is 0.121. The Morgan fingerprint density at radius 1 is 1.11 bits per heavy atom. The number of amides is 2. The van der Waals surface area contributed by atoms with Crippen LogP contribution in [0.25, 0.3) is 11.1 Å². The number of benzene rings is 2. The molecule has 2 N–H and O–H groups in total. The van der Waals surface area contributed by atoms with Crippen molar-refractivity contribution in [3.63, 3.8) is 0 Å². The van der Waals surface area contributed by atoms with E-state index < -0.39 is 5.76 Å². The van der Waals surface area contributed by atoms with Gasteiger partial charge in [-0.25, -0.2) is 4.79 Å². The summed E-state index contributed by atoms with van der Waals surface area (Å²) < 4.78 is 6.72. The van der Waals surface area contributed by atoms with Crippen LogP contribution in [0.15, 0.2) is 57.7 Å². The van der Waals surface area contributed by atoms with Gasteiger partial charge in [-0.1, -0.05) is 18.2 Å². The number of nitrogens with zero attached hydrogens (tertiary/aromatic N) is 1. The average Bonchev–Trinajstić information content (AvgIpc) is 3.44. The van der Waals surface area contributed by atoms with Crippen molar-refractivity contribution in [1.82, 2.24) is 9.88 Å². The van der Waals surface area contributed by atoms with Crippen molar-refractivity contribution < 1.29 is 14.0 Å². The summed E-state index contributed by atoms with van der Waals surface area (Å²) in [5.74, 6) is -0.707. The molecule has 7 nitrogen and oxygen atoms in total. The molecule has 144 valence electrons. The minimum Gasteiger partial charge on any atom is -0.408 e. The third-order valence-electron chi connectivity index (χ3n) is 4.68. The van der Waals surface area contributed by atoms with Crippen LogP contribution >= 0.6 is 0 Å². The summed E-state index contributed by atoms with van der Waals surface area (Å²) in [6, 6.07) is 14.4. The Morgan fingerprint density at radius 2 is 1.93 bits per heavy atom. The van der Waals surface area contributed by atoms with Crippen LogP contribution in [0.5, 0.6) is 0 Å². The molecule has 3 aromatic rings. The first kappa shape index (κ1) is 18.0. The van der Waals surface area contributed by atoms with Crippen LogP contribution in [-0.4, -0.2) is 22.4 Å². The Labute approximate surface area is 161 Å². The number of fused-ring (bicyclic) bond motifs is 1. The topological polar surface area (TPSA) is 93.3 Å². The lowest BCUT2D eigenvalue weighted by atomic mass is 10.2. The van der Waals surface area contributed by atoms with E-state index in [0.717, 1.165) is 18.4 Å². The molecule has 2 amide bonds. The standard InChI is InChI=1S/C21H21N3O4/c25-19(9-4-12-24-17-7-1-2-8-18(17)28-21(24)27)22-16-6-3-5-14(13-16)20(26)23-15-10-11-15/h1-3,5-8,13,15H,4,9-12H2,(H,22,25)(H,23,26). The van der Waals surface area contributed by atoms with Crippen molar-refractivity contribution in [2.75, 3.05) is 5.32 Å². The van der Waals surface area contributed by atoms with Crippen molar-refractivity contribution in [3.05, 3.63) is 64.6 Å². The number of hydrogen-bond donors (Lipinski definition) is 2. The number of hydrogen-bond acceptors (Lipinski definition) is 4. The first-order chi connectivity index (χ1) is 13.6. The molecule has 7 heteroatoms. The lowest BCUT2D eigenvalue weighted by Crippen LogP contribution is -2.25. The summed E-state index contributed by atoms with van der Waals surface area (Å²) in [4.78, 5) is 36.3. The highest BCUT2D eigenvalue weighted by molar-refractivity contribution is 5.97. The fourth-order valence-electron chi connectivity index (χ4n) is 3.08. The van der Waals surface area contributed by atoms with Crippen LogP contribution in [0.2, 0.25) is 0 Å². The molecule has 4 rings (SSSR count). The zero-order valence-corrected chi connectivity index (χ0v) is 15.3. The van der Waals surface area contributed by atoms with Crippen molar-refractivity contribution in [3.8, 4) is 0 Å². The highest BCUT2D eigenvalue weighted by atomic mass is 16.4. The second kappa shape index (κ2) is 7.72. The average molecular weight is 379 g/mol. The van der Waals surface area contributed by atoms with E-state index in [2.05, 4.69) is 10.6 Å². The van der Waals surface area contributed by atoms with E-state index in [9.17, 15) is 14.4 Å². The number of nitrogens with one attached hydrogen (secondary N) is 2. The molecule has 0 saturated heterocycles. The van der Waals surface area contributed by atoms with E-state index in [-0.39, 0.29) is 24.3 Å². The van der Waals surface area contributed by atoms with Crippen LogP contribution < -0.4 is 16.4 Å². The molecule has 0 bridgehead atoms. The molecule has 1 saturated carbocycles. The first-order valence-electron chi connectivity index (χ1n) is 9.39. The number of aryl methyl sites for hydroxylation is 1. The molecule has 0 aliphatic heterocycles. The van der Waals surface area contributed by atoms with Crippen molar-refractivity contribution in [1.29, 1.82) is 0 Å². The van der Waals surface area contributed by atoms with E-state index in [0.29, 0.717) is 29.8 Å². The number of para-hydroxylation sites is 2. The van der Waals surface area contributed by atoms with Gasteiger partial charge in [0.2, 0.25) is 5.91 Å². The molecule has 1 aliphatic rings. The van der Waals surface area contributed by atoms with Crippen molar-refractivity contribution in [2.24, 2.45) is 0 Å². The Morgan fingerprint density at radius 3 is 2.75 bits per heavy atom. The van der Waals surface area contributed by atoms with Crippen LogP contribution in [0.1, 0.15) is 36.0 Å². The number of carbonyl (C=O) groups excluding carboxylic acids is 2. The molecule has 0 spiro atoms. The number of oxazole rings is 1. The van der Waals surface area contributed by atoms with Gasteiger partial charge in [0.25, 0.3) is 5.91 Å². The summed E-state index contributed by atoms with van der Waals surface area (Å²) in [5.41, 5.74) is 2.38. The normalized spacial score (nSPS) is 13.4. The van der Waals surface area contributed by atoms with Gasteiger partial charge < -0.3 is 15.1 Å². The highest BCUT2D eigenvalue weighted by Gasteiger charge is 2.23. The lowest BCUT2D eigenvalue weighted by Gasteiger charge is -2.08. The van der Waals surface area contributed by atoms with Crippen LogP contribution in [0.4, 0.5) is 5.69 Å². The maximum atomic E-state index is 12.2. The number of anilines is 1. The van der Waals surface area contributed by atoms with Crippen molar-refractivity contribution in [2.45, 2.75) is 38.3 Å². The second-order valence-electron chi connectivity index (χ2n) is 6.97. The fourth-order valence-corrected chi connectivity index (χ4v) is 3.08. The van der Waals surface area contributed by atoms with Crippen LogP contribution in [0, 0.1) is 0 Å². The van der Waals surface area contributed by atoms with Crippen LogP contribution in [-0.2, 0) is 11.3 Å². The molecule has 1 heterocycles. The van der Waals surface area contributed by atoms with Gasteiger partial charge >= 0.3 is 5.76 Å². The highest BCUT2D eigenvalue weighted by Crippen LogP contribution is 2.20. The van der Waals surface area contributed by atoms with Gasteiger partial charge in [0.1, 0.15) is 0 Å². The number of rotatable bonds is 7. The summed E-state index contributed by atoms with van der Waals surface area (Å²) >= 11 is 0. The third-order valence-corrected chi connectivity index (χ3v) is 4.68. The Bertz CT molecular complexity index is 1080. The molecule has 2 aromatic carbocycles. The molecule has 0 atom stereocenters. The Kier molecular flexibility index (Phi) is 4.97. The van der Waals surface area contributed by atoms with Gasteiger partial charge in [-0.15, -0.1) is 0 Å². The predicted molar refractivity (Wildman–Crippen MR) is 105 cm³/mol. The largest absolute Gasteiger partial charge is 0.419 e. The van der Waals surface area contributed by atoms with Gasteiger partial charge in [0.05, 0.1) is 5.52 Å². The molecule has 1 aliphatic carbocycles. The summed E-state index contributed by atoms with van der Waals surface area (Å²) in [6.45, 7) is 0.396. The van der Waals surface area contributed by atoms with E-state index in [1.165, 1.54) is 4.57 Å². The second-order valence-corrected chi connectivity index (χ2v) is 6.97. The molecule has 1 fully saturated rings. The Balaban J connectivity index is 1.32. The summed E-state index contributed by atoms with van der Waals surface area (Å²) in [6.07, 6.45) is 2.80. The van der Waals surface area contributed by atoms with E-state index >= 15 is 0 Å². The summed E-state index contributed by atoms with van der Waals surface area (Å²) in [5, 5.41) is 5.74. The van der Waals surface area contributed by atoms with Gasteiger partial charge in [0, 0.05) is 30.3 Å². The molecule has 1 aromatic heterocycles. The lowest BCUT2D eigenvalue weighted by molar-refractivity contribution is -0.116. The minimum atomic E-state index is -0.420. The summed E-state index contributed by atoms with van der Waals surface area (Å²) in [7, 11) is 0. The predicted octanol–water partition coefficient (Wildman–Crippen LogP) is 2.91. The number of aromatic nitrogens is 1. The van der Waals surface area contributed by atoms with Gasteiger partial charge in [-0.3, -0.25) is 14.2 Å². The van der Waals surface area contributed by atoms with E-state index in [4.69, 9.17) is 4.42 Å². The first-order valence-corrected chi connectivity index (χ1v) is 9.39. The SMILES string of the molecule is O=C(CCCn1c(=O)oc2ccccc21)Nc1cccc(C(=O)NC2CC2)c1. The van der Waals surface area contributed by atoms with Crippen molar-refractivity contribution >= 4 is 28.6 Å². The molecular formula is C21H21N3O4. The van der Waals surface area contributed by atoms with Gasteiger partial charge in [0.15, 0.2) is 5.58 Å². The maximum Gasteiger partial charge on any atom is 0.419 e. The quantitative estimate of drug-likeness (QED) is 0.660. The smallest absolute Gasteiger partial charge is 0.408 e. The molecule has 0 unspecified atom stereocenters. The number of carbonyl (C=O) groups is 2. The monoisotopic (exact) mass is 379 g/mol. The molecular weight excluding hydrogens is 358 g/mol. The van der Waals surface area contributed by atoms with Gasteiger partial charge in [-0.2, -0.15) is 0 Å². The zero-order chi connectivity index (χ0) is 19.5. The van der Waals surface area contributed by atoms with E-state index in [1.807, 2.05) is 18.2 Å².